The smallest absolute Gasteiger partial charge is 0.159 e. The van der Waals surface area contributed by atoms with E-state index in [1.165, 1.54) is 0 Å². The first-order valence-corrected chi connectivity index (χ1v) is 13.2. The Morgan fingerprint density at radius 3 is 2.53 bits per heavy atom. The molecule has 4 aliphatic carbocycles. The van der Waals surface area contributed by atoms with Gasteiger partial charge in [0.2, 0.25) is 0 Å². The Labute approximate surface area is 204 Å². The fourth-order valence-corrected chi connectivity index (χ4v) is 7.96. The number of allylic oxidation sites excluding steroid dienone is 1. The van der Waals surface area contributed by atoms with Gasteiger partial charge in [-0.25, -0.2) is 0 Å². The number of hydrogen-bond donors (Lipinski definition) is 3. The zero-order valence-electron chi connectivity index (χ0n) is 21.6. The van der Waals surface area contributed by atoms with Crippen molar-refractivity contribution in [1.82, 2.24) is 4.90 Å². The molecule has 1 unspecified atom stereocenters. The summed E-state index contributed by atoms with van der Waals surface area (Å²) in [6.45, 7) is 13.9. The van der Waals surface area contributed by atoms with Crippen molar-refractivity contribution in [1.29, 1.82) is 0 Å². The number of rotatable bonds is 7. The van der Waals surface area contributed by atoms with Crippen LogP contribution in [0.15, 0.2) is 16.8 Å². The number of carbonyl (C=O) groups is 1. The second kappa shape index (κ2) is 9.30. The van der Waals surface area contributed by atoms with Gasteiger partial charge in [0.15, 0.2) is 5.78 Å². The fourth-order valence-electron chi connectivity index (χ4n) is 7.96. The summed E-state index contributed by atoms with van der Waals surface area (Å²) >= 11 is 0. The van der Waals surface area contributed by atoms with Crippen molar-refractivity contribution in [3.8, 4) is 0 Å². The standard InChI is InChI=1S/C27H44N2O5/c1-6-29(7-2)12-13-34-28-17(3)18-9-11-27(33)20-14-22(30)21-15-23(31)24(32)16-25(21,4)19(20)8-10-26(18,27)5/h14,18-19,21,23-24,31-33H,6-13,15-16H2,1-5H3/b28-17-/t18-,19?,21+,23-,24+,25-,26-,27-/m1/s1. The zero-order chi connectivity index (χ0) is 24.9. The third kappa shape index (κ3) is 3.87. The lowest BCUT2D eigenvalue weighted by Crippen LogP contribution is -2.60. The monoisotopic (exact) mass is 476 g/mol. The van der Waals surface area contributed by atoms with E-state index in [0.717, 1.165) is 50.2 Å². The first kappa shape index (κ1) is 25.8. The van der Waals surface area contributed by atoms with Gasteiger partial charge in [0.05, 0.1) is 23.5 Å². The lowest BCUT2D eigenvalue weighted by atomic mass is 9.46. The molecule has 7 nitrogen and oxygen atoms in total. The lowest BCUT2D eigenvalue weighted by molar-refractivity contribution is -0.151. The molecule has 0 aromatic heterocycles. The van der Waals surface area contributed by atoms with Gasteiger partial charge in [0.25, 0.3) is 0 Å². The van der Waals surface area contributed by atoms with Gasteiger partial charge >= 0.3 is 0 Å². The molecule has 3 fully saturated rings. The SMILES string of the molecule is CCN(CC)CCO/N=C(/C)[C@H]1CC[C@@]2(O)C3=CC(=O)[C@@H]4C[C@@H](O)[C@@H](O)C[C@]4(C)C3CC[C@]12C. The molecule has 8 atom stereocenters. The summed E-state index contributed by atoms with van der Waals surface area (Å²) in [7, 11) is 0. The van der Waals surface area contributed by atoms with E-state index in [2.05, 4.69) is 37.8 Å². The molecule has 34 heavy (non-hydrogen) atoms. The lowest BCUT2D eigenvalue weighted by Gasteiger charge is -2.59. The highest BCUT2D eigenvalue weighted by atomic mass is 16.6. The molecular weight excluding hydrogens is 432 g/mol. The quantitative estimate of drug-likeness (QED) is 0.297. The zero-order valence-corrected chi connectivity index (χ0v) is 21.6. The molecule has 192 valence electrons. The summed E-state index contributed by atoms with van der Waals surface area (Å²) in [4.78, 5) is 21.2. The van der Waals surface area contributed by atoms with Crippen LogP contribution < -0.4 is 0 Å². The minimum Gasteiger partial charge on any atom is -0.394 e. The van der Waals surface area contributed by atoms with Crippen LogP contribution in [0.25, 0.3) is 0 Å². The maximum absolute atomic E-state index is 13.2. The maximum Gasteiger partial charge on any atom is 0.159 e. The van der Waals surface area contributed by atoms with Gasteiger partial charge < -0.3 is 25.1 Å². The second-order valence-corrected chi connectivity index (χ2v) is 11.7. The molecule has 0 radical (unpaired) electrons. The first-order valence-electron chi connectivity index (χ1n) is 13.2. The molecule has 3 saturated carbocycles. The predicted molar refractivity (Wildman–Crippen MR) is 131 cm³/mol. The maximum atomic E-state index is 13.2. The van der Waals surface area contributed by atoms with E-state index >= 15 is 0 Å². The van der Waals surface area contributed by atoms with E-state index in [0.29, 0.717) is 25.9 Å². The molecule has 0 spiro atoms. The Hall–Kier alpha value is -1.28. The molecule has 4 rings (SSSR count). The Kier molecular flexibility index (Phi) is 7.06. The second-order valence-electron chi connectivity index (χ2n) is 11.7. The number of nitrogens with zero attached hydrogens (tertiary/aromatic N) is 2. The van der Waals surface area contributed by atoms with Crippen LogP contribution in [0.1, 0.15) is 73.1 Å². The van der Waals surface area contributed by atoms with E-state index in [9.17, 15) is 20.1 Å². The van der Waals surface area contributed by atoms with Crippen LogP contribution in [0.2, 0.25) is 0 Å². The van der Waals surface area contributed by atoms with Crippen LogP contribution in [-0.4, -0.2) is 75.8 Å². The van der Waals surface area contributed by atoms with Gasteiger partial charge in [-0.15, -0.1) is 0 Å². The van der Waals surface area contributed by atoms with Crippen LogP contribution >= 0.6 is 0 Å². The number of fused-ring (bicyclic) bond motifs is 5. The van der Waals surface area contributed by atoms with Crippen molar-refractivity contribution in [2.75, 3.05) is 26.2 Å². The summed E-state index contributed by atoms with van der Waals surface area (Å²) in [6.07, 6.45) is 3.81. The summed E-state index contributed by atoms with van der Waals surface area (Å²) in [6, 6.07) is 0. The Bertz CT molecular complexity index is 854. The molecule has 4 aliphatic rings. The Morgan fingerprint density at radius 1 is 1.15 bits per heavy atom. The number of aliphatic hydroxyl groups excluding tert-OH is 2. The van der Waals surface area contributed by atoms with Crippen molar-refractivity contribution in [3.05, 3.63) is 11.6 Å². The molecule has 0 aromatic carbocycles. The minimum absolute atomic E-state index is 0.00838. The van der Waals surface area contributed by atoms with E-state index in [1.807, 2.05) is 6.92 Å². The minimum atomic E-state index is -1.07. The number of aliphatic hydroxyl groups is 3. The molecule has 0 amide bonds. The van der Waals surface area contributed by atoms with E-state index in [-0.39, 0.29) is 23.5 Å². The number of ketones is 1. The highest BCUT2D eigenvalue weighted by Crippen LogP contribution is 2.67. The molecule has 0 aromatic rings. The highest BCUT2D eigenvalue weighted by molar-refractivity contribution is 5.95. The topological polar surface area (TPSA) is 103 Å². The van der Waals surface area contributed by atoms with Crippen LogP contribution in [-0.2, 0) is 9.63 Å². The van der Waals surface area contributed by atoms with Gasteiger partial charge in [-0.05, 0) is 81.5 Å². The van der Waals surface area contributed by atoms with E-state index in [1.54, 1.807) is 6.08 Å². The molecule has 0 heterocycles. The average molecular weight is 477 g/mol. The van der Waals surface area contributed by atoms with Crippen LogP contribution in [0, 0.1) is 28.6 Å². The summed E-state index contributed by atoms with van der Waals surface area (Å²) in [5.74, 6) is -0.179. The molecule has 0 bridgehead atoms. The normalized spacial score (nSPS) is 44.4. The third-order valence-corrected chi connectivity index (χ3v) is 10.2. The largest absolute Gasteiger partial charge is 0.394 e. The number of oxime groups is 1. The van der Waals surface area contributed by atoms with E-state index < -0.39 is 28.6 Å². The van der Waals surface area contributed by atoms with Crippen molar-refractivity contribution in [2.45, 2.75) is 91.0 Å². The fraction of sp³-hybridized carbons (Fsp3) is 0.852. The van der Waals surface area contributed by atoms with Gasteiger partial charge in [-0.1, -0.05) is 32.9 Å². The first-order chi connectivity index (χ1) is 16.0. The van der Waals surface area contributed by atoms with Crippen molar-refractivity contribution < 1.29 is 25.0 Å². The van der Waals surface area contributed by atoms with Gasteiger partial charge in [0, 0.05) is 23.8 Å². The predicted octanol–water partition coefficient (Wildman–Crippen LogP) is 2.93. The van der Waals surface area contributed by atoms with Gasteiger partial charge in [-0.3, -0.25) is 4.79 Å². The van der Waals surface area contributed by atoms with Crippen LogP contribution in [0.4, 0.5) is 0 Å². The van der Waals surface area contributed by atoms with Crippen molar-refractivity contribution in [3.63, 3.8) is 0 Å². The van der Waals surface area contributed by atoms with Crippen molar-refractivity contribution in [2.24, 2.45) is 33.7 Å². The Morgan fingerprint density at radius 2 is 1.85 bits per heavy atom. The molecule has 0 aliphatic heterocycles. The molecule has 7 heteroatoms. The summed E-state index contributed by atoms with van der Waals surface area (Å²) < 4.78 is 0. The average Bonchev–Trinajstić information content (AvgIpc) is 3.07. The highest BCUT2D eigenvalue weighted by Gasteiger charge is 2.66. The summed E-state index contributed by atoms with van der Waals surface area (Å²) in [5, 5.41) is 37.4. The van der Waals surface area contributed by atoms with Gasteiger partial charge in [0.1, 0.15) is 6.61 Å². The van der Waals surface area contributed by atoms with Crippen LogP contribution in [0.5, 0.6) is 0 Å². The molecule has 3 N–H and O–H groups in total. The number of carbonyl (C=O) groups excluding carboxylic acids is 1. The van der Waals surface area contributed by atoms with Crippen LogP contribution in [0.3, 0.4) is 0 Å². The Balaban J connectivity index is 1.56. The third-order valence-electron chi connectivity index (χ3n) is 10.2. The molecule has 0 saturated heterocycles. The number of likely N-dealkylation sites (N-methyl/N-ethyl adjacent to an activating group) is 1. The summed E-state index contributed by atoms with van der Waals surface area (Å²) in [5.41, 5.74) is -0.151. The van der Waals surface area contributed by atoms with Gasteiger partial charge in [-0.2, -0.15) is 0 Å². The molecular formula is C27H44N2O5. The van der Waals surface area contributed by atoms with Crippen molar-refractivity contribution >= 4 is 11.5 Å². The van der Waals surface area contributed by atoms with E-state index in [4.69, 9.17) is 4.84 Å². The number of hydrogen-bond acceptors (Lipinski definition) is 7.